The third-order valence-corrected chi connectivity index (χ3v) is 2.54. The molecule has 0 aliphatic heterocycles. The molecule has 0 saturated carbocycles. The summed E-state index contributed by atoms with van der Waals surface area (Å²) >= 11 is 5.80. The molecule has 1 amide bonds. The molecule has 0 unspecified atom stereocenters. The number of nitrogens with zero attached hydrogens (tertiary/aromatic N) is 1. The van der Waals surface area contributed by atoms with Gasteiger partial charge in [-0.25, -0.2) is 9.37 Å². The van der Waals surface area contributed by atoms with Crippen LogP contribution in [-0.4, -0.2) is 10.9 Å². The fourth-order valence-corrected chi connectivity index (χ4v) is 1.54. The van der Waals surface area contributed by atoms with Crippen LogP contribution < -0.4 is 11.1 Å². The van der Waals surface area contributed by atoms with E-state index in [0.29, 0.717) is 17.1 Å². The Morgan fingerprint density at radius 2 is 2.11 bits per heavy atom. The molecule has 2 aromatic rings. The van der Waals surface area contributed by atoms with E-state index in [1.165, 1.54) is 30.5 Å². The van der Waals surface area contributed by atoms with Crippen LogP contribution in [0.15, 0.2) is 36.5 Å². The van der Waals surface area contributed by atoms with Gasteiger partial charge in [-0.3, -0.25) is 4.79 Å². The lowest BCUT2D eigenvalue weighted by Crippen LogP contribution is -2.12. The number of nitrogens with one attached hydrogen (secondary N) is 1. The Morgan fingerprint density at radius 3 is 2.72 bits per heavy atom. The van der Waals surface area contributed by atoms with Gasteiger partial charge in [0.2, 0.25) is 0 Å². The number of benzene rings is 1. The van der Waals surface area contributed by atoms with Crippen molar-refractivity contribution in [2.75, 3.05) is 11.1 Å². The summed E-state index contributed by atoms with van der Waals surface area (Å²) in [5, 5.41) is 2.69. The molecule has 1 aromatic heterocycles. The third kappa shape index (κ3) is 2.75. The van der Waals surface area contributed by atoms with Crippen molar-refractivity contribution in [3.8, 4) is 0 Å². The lowest BCUT2D eigenvalue weighted by atomic mass is 10.2. The van der Waals surface area contributed by atoms with E-state index in [0.717, 1.165) is 6.07 Å². The molecule has 0 aliphatic carbocycles. The highest BCUT2D eigenvalue weighted by Crippen LogP contribution is 2.22. The smallest absolute Gasteiger partial charge is 0.257 e. The standard InChI is InChI=1S/C12H9ClFN3O/c13-9-5-8(14)2-3-10(9)17-12(18)7-1-4-11(15)16-6-7/h1-6H,(H2,15,16)(H,17,18). The van der Waals surface area contributed by atoms with Gasteiger partial charge in [0, 0.05) is 6.20 Å². The number of amides is 1. The lowest BCUT2D eigenvalue weighted by Gasteiger charge is -2.07. The van der Waals surface area contributed by atoms with Crippen LogP contribution in [0.3, 0.4) is 0 Å². The first-order valence-electron chi connectivity index (χ1n) is 5.04. The summed E-state index contributed by atoms with van der Waals surface area (Å²) in [5.41, 5.74) is 6.09. The molecule has 18 heavy (non-hydrogen) atoms. The van der Waals surface area contributed by atoms with E-state index in [2.05, 4.69) is 10.3 Å². The van der Waals surface area contributed by atoms with Crippen molar-refractivity contribution in [1.29, 1.82) is 0 Å². The molecule has 0 aliphatic rings. The Labute approximate surface area is 108 Å². The van der Waals surface area contributed by atoms with Gasteiger partial charge in [-0.1, -0.05) is 11.6 Å². The summed E-state index contributed by atoms with van der Waals surface area (Å²) < 4.78 is 12.8. The molecule has 3 N–H and O–H groups in total. The van der Waals surface area contributed by atoms with E-state index in [-0.39, 0.29) is 5.02 Å². The fourth-order valence-electron chi connectivity index (χ4n) is 1.32. The maximum Gasteiger partial charge on any atom is 0.257 e. The first-order chi connectivity index (χ1) is 8.56. The molecule has 0 radical (unpaired) electrons. The third-order valence-electron chi connectivity index (χ3n) is 2.23. The summed E-state index contributed by atoms with van der Waals surface area (Å²) in [6, 6.07) is 6.78. The maximum absolute atomic E-state index is 12.8. The van der Waals surface area contributed by atoms with Gasteiger partial charge in [0.05, 0.1) is 16.3 Å². The highest BCUT2D eigenvalue weighted by Gasteiger charge is 2.09. The first-order valence-corrected chi connectivity index (χ1v) is 5.42. The Hall–Kier alpha value is -2.14. The van der Waals surface area contributed by atoms with Crippen molar-refractivity contribution >= 4 is 29.0 Å². The maximum atomic E-state index is 12.8. The second-order valence-corrected chi connectivity index (χ2v) is 3.96. The number of pyridine rings is 1. The Balaban J connectivity index is 2.18. The number of hydrogen-bond donors (Lipinski definition) is 2. The molecule has 0 saturated heterocycles. The number of hydrogen-bond acceptors (Lipinski definition) is 3. The van der Waals surface area contributed by atoms with Crippen molar-refractivity contribution in [3.63, 3.8) is 0 Å². The normalized spacial score (nSPS) is 10.1. The Morgan fingerprint density at radius 1 is 1.33 bits per heavy atom. The monoisotopic (exact) mass is 265 g/mol. The van der Waals surface area contributed by atoms with E-state index in [1.807, 2.05) is 0 Å². The van der Waals surface area contributed by atoms with Crippen molar-refractivity contribution < 1.29 is 9.18 Å². The van der Waals surface area contributed by atoms with Crippen LogP contribution in [0.5, 0.6) is 0 Å². The van der Waals surface area contributed by atoms with Gasteiger partial charge in [0.1, 0.15) is 11.6 Å². The van der Waals surface area contributed by atoms with Crippen LogP contribution in [-0.2, 0) is 0 Å². The van der Waals surface area contributed by atoms with E-state index < -0.39 is 11.7 Å². The summed E-state index contributed by atoms with van der Waals surface area (Å²) in [4.78, 5) is 15.6. The highest BCUT2D eigenvalue weighted by molar-refractivity contribution is 6.33. The molecule has 0 spiro atoms. The first kappa shape index (κ1) is 12.3. The number of carbonyl (C=O) groups excluding carboxylic acids is 1. The molecule has 0 atom stereocenters. The molecule has 0 bridgehead atoms. The molecular formula is C12H9ClFN3O. The van der Waals surface area contributed by atoms with Gasteiger partial charge in [0.15, 0.2) is 0 Å². The fraction of sp³-hybridized carbons (Fsp3) is 0. The molecule has 0 fully saturated rings. The molecule has 6 heteroatoms. The van der Waals surface area contributed by atoms with Crippen LogP contribution in [0.2, 0.25) is 5.02 Å². The number of halogens is 2. The van der Waals surface area contributed by atoms with Gasteiger partial charge < -0.3 is 11.1 Å². The zero-order valence-electron chi connectivity index (χ0n) is 9.15. The SMILES string of the molecule is Nc1ccc(C(=O)Nc2ccc(F)cc2Cl)cn1. The second kappa shape index (κ2) is 5.01. The minimum absolute atomic E-state index is 0.131. The van der Waals surface area contributed by atoms with Gasteiger partial charge in [-0.05, 0) is 30.3 Å². The quantitative estimate of drug-likeness (QED) is 0.877. The number of nitrogens with two attached hydrogens (primary N) is 1. The van der Waals surface area contributed by atoms with Gasteiger partial charge in [0.25, 0.3) is 5.91 Å². The molecular weight excluding hydrogens is 257 g/mol. The van der Waals surface area contributed by atoms with Gasteiger partial charge >= 0.3 is 0 Å². The highest BCUT2D eigenvalue weighted by atomic mass is 35.5. The summed E-state index contributed by atoms with van der Waals surface area (Å²) in [6.07, 6.45) is 1.35. The van der Waals surface area contributed by atoms with Crippen LogP contribution in [0, 0.1) is 5.82 Å². The van der Waals surface area contributed by atoms with Gasteiger partial charge in [-0.2, -0.15) is 0 Å². The minimum Gasteiger partial charge on any atom is -0.384 e. The van der Waals surface area contributed by atoms with E-state index in [9.17, 15) is 9.18 Å². The van der Waals surface area contributed by atoms with Crippen LogP contribution >= 0.6 is 11.6 Å². The number of nitrogen functional groups attached to an aromatic ring is 1. The molecule has 92 valence electrons. The molecule has 1 aromatic carbocycles. The Bertz CT molecular complexity index is 586. The summed E-state index contributed by atoms with van der Waals surface area (Å²) in [7, 11) is 0. The van der Waals surface area contributed by atoms with E-state index in [1.54, 1.807) is 0 Å². The van der Waals surface area contributed by atoms with E-state index in [4.69, 9.17) is 17.3 Å². The zero-order chi connectivity index (χ0) is 13.1. The number of anilines is 2. The predicted octanol–water partition coefficient (Wildman–Crippen LogP) is 2.71. The number of aromatic nitrogens is 1. The average molecular weight is 266 g/mol. The van der Waals surface area contributed by atoms with Crippen molar-refractivity contribution in [2.24, 2.45) is 0 Å². The van der Waals surface area contributed by atoms with Crippen LogP contribution in [0.25, 0.3) is 0 Å². The minimum atomic E-state index is -0.466. The lowest BCUT2D eigenvalue weighted by molar-refractivity contribution is 0.102. The molecule has 2 rings (SSSR count). The Kier molecular flexibility index (Phi) is 3.43. The second-order valence-electron chi connectivity index (χ2n) is 3.55. The average Bonchev–Trinajstić information content (AvgIpc) is 2.33. The van der Waals surface area contributed by atoms with Crippen LogP contribution in [0.4, 0.5) is 15.9 Å². The predicted molar refractivity (Wildman–Crippen MR) is 68.0 cm³/mol. The van der Waals surface area contributed by atoms with Crippen molar-refractivity contribution in [2.45, 2.75) is 0 Å². The van der Waals surface area contributed by atoms with Crippen LogP contribution in [0.1, 0.15) is 10.4 Å². The van der Waals surface area contributed by atoms with Gasteiger partial charge in [-0.15, -0.1) is 0 Å². The largest absolute Gasteiger partial charge is 0.384 e. The number of carbonyl (C=O) groups is 1. The zero-order valence-corrected chi connectivity index (χ0v) is 9.91. The van der Waals surface area contributed by atoms with Crippen molar-refractivity contribution in [3.05, 3.63) is 52.9 Å². The number of rotatable bonds is 2. The molecule has 1 heterocycles. The molecule has 4 nitrogen and oxygen atoms in total. The summed E-state index contributed by atoms with van der Waals surface area (Å²) in [5.74, 6) is -0.533. The summed E-state index contributed by atoms with van der Waals surface area (Å²) in [6.45, 7) is 0. The van der Waals surface area contributed by atoms with Crippen molar-refractivity contribution in [1.82, 2.24) is 4.98 Å². The topological polar surface area (TPSA) is 68.0 Å². The van der Waals surface area contributed by atoms with E-state index >= 15 is 0 Å².